The lowest BCUT2D eigenvalue weighted by atomic mass is 9.99. The molecule has 0 unspecified atom stereocenters. The smallest absolute Gasteiger partial charge is 0.408 e. The van der Waals surface area contributed by atoms with Gasteiger partial charge in [0.25, 0.3) is 0 Å². The fourth-order valence-corrected chi connectivity index (χ4v) is 5.32. The predicted molar refractivity (Wildman–Crippen MR) is 115 cm³/mol. The molecule has 3 aromatic rings. The Bertz CT molecular complexity index is 1380. The number of carbonyl (C=O) groups is 1. The van der Waals surface area contributed by atoms with Crippen LogP contribution in [0.4, 0.5) is 18.9 Å². The summed E-state index contributed by atoms with van der Waals surface area (Å²) in [6.45, 7) is 0.145. The molecule has 0 aliphatic carbocycles. The number of anilines is 1. The van der Waals surface area contributed by atoms with E-state index in [4.69, 9.17) is 4.42 Å². The average Bonchev–Trinajstić information content (AvgIpc) is 3.07. The van der Waals surface area contributed by atoms with Gasteiger partial charge >= 0.3 is 12.1 Å². The second kappa shape index (κ2) is 8.80. The van der Waals surface area contributed by atoms with Gasteiger partial charge in [-0.15, -0.1) is 13.2 Å². The summed E-state index contributed by atoms with van der Waals surface area (Å²) in [6.07, 6.45) is -3.93. The number of nitrogens with zero attached hydrogens (tertiary/aromatic N) is 2. The number of benzene rings is 2. The van der Waals surface area contributed by atoms with Crippen LogP contribution < -0.4 is 15.8 Å². The van der Waals surface area contributed by atoms with E-state index in [-0.39, 0.29) is 29.3 Å². The molecule has 34 heavy (non-hydrogen) atoms. The van der Waals surface area contributed by atoms with Crippen molar-refractivity contribution in [2.75, 3.05) is 18.4 Å². The molecule has 182 valence electrons. The molecule has 0 radical (unpaired) electrons. The standard InChI is InChI=1S/C21H20F3N3O6S/c1-26-17-9-8-16(11-18(17)32-20(26)29)34(30,31)27-10-2-3-13(12-27)19(28)25-14-4-6-15(7-5-14)33-21(22,23)24/h4-9,11,13H,2-3,10,12H2,1H3,(H,25,28)/t13-/m0/s1. The van der Waals surface area contributed by atoms with Crippen LogP contribution in [-0.2, 0) is 21.9 Å². The topological polar surface area (TPSA) is 111 Å². The molecule has 1 atom stereocenters. The van der Waals surface area contributed by atoms with E-state index in [1.165, 1.54) is 46.3 Å². The number of ether oxygens (including phenoxy) is 1. The number of oxazole rings is 1. The fraction of sp³-hybridized carbons (Fsp3) is 0.333. The van der Waals surface area contributed by atoms with Crippen molar-refractivity contribution in [3.63, 3.8) is 0 Å². The highest BCUT2D eigenvalue weighted by molar-refractivity contribution is 7.89. The molecule has 2 aromatic carbocycles. The van der Waals surface area contributed by atoms with Gasteiger partial charge in [-0.2, -0.15) is 4.31 Å². The van der Waals surface area contributed by atoms with Gasteiger partial charge in [0.15, 0.2) is 5.58 Å². The first-order valence-corrected chi connectivity index (χ1v) is 11.6. The molecular weight excluding hydrogens is 479 g/mol. The lowest BCUT2D eigenvalue weighted by molar-refractivity contribution is -0.274. The molecule has 0 saturated carbocycles. The van der Waals surface area contributed by atoms with E-state index in [2.05, 4.69) is 10.1 Å². The van der Waals surface area contributed by atoms with Crippen LogP contribution in [0.15, 0.2) is 56.6 Å². The molecule has 0 bridgehead atoms. The zero-order chi connectivity index (χ0) is 24.7. The molecule has 13 heteroatoms. The van der Waals surface area contributed by atoms with E-state index in [1.807, 2.05) is 0 Å². The van der Waals surface area contributed by atoms with Gasteiger partial charge in [0.05, 0.1) is 16.3 Å². The number of sulfonamides is 1. The normalized spacial score (nSPS) is 17.6. The number of halogens is 3. The predicted octanol–water partition coefficient (Wildman–Crippen LogP) is 3.07. The third-order valence-electron chi connectivity index (χ3n) is 5.51. The minimum atomic E-state index is -4.82. The zero-order valence-electron chi connectivity index (χ0n) is 17.8. The maximum Gasteiger partial charge on any atom is 0.573 e. The SMILES string of the molecule is Cn1c(=O)oc2cc(S(=O)(=O)N3CCC[C@H](C(=O)Nc4ccc(OC(F)(F)F)cc4)C3)ccc21. The quantitative estimate of drug-likeness (QED) is 0.578. The van der Waals surface area contributed by atoms with Gasteiger partial charge in [0, 0.05) is 31.9 Å². The van der Waals surface area contributed by atoms with Crippen molar-refractivity contribution >= 4 is 32.7 Å². The first-order chi connectivity index (χ1) is 15.9. The van der Waals surface area contributed by atoms with Crippen molar-refractivity contribution in [3.8, 4) is 5.75 Å². The van der Waals surface area contributed by atoms with E-state index in [9.17, 15) is 31.2 Å². The van der Waals surface area contributed by atoms with Crippen molar-refractivity contribution in [1.82, 2.24) is 8.87 Å². The van der Waals surface area contributed by atoms with Gasteiger partial charge < -0.3 is 14.5 Å². The molecule has 9 nitrogen and oxygen atoms in total. The molecule has 1 N–H and O–H groups in total. The number of aryl methyl sites for hydroxylation is 1. The third-order valence-corrected chi connectivity index (χ3v) is 7.37. The number of hydrogen-bond donors (Lipinski definition) is 1. The van der Waals surface area contributed by atoms with Crippen LogP contribution in [-0.4, -0.2) is 42.6 Å². The molecule has 2 heterocycles. The lowest BCUT2D eigenvalue weighted by Gasteiger charge is -2.31. The number of carbonyl (C=O) groups excluding carboxylic acids is 1. The zero-order valence-corrected chi connectivity index (χ0v) is 18.6. The van der Waals surface area contributed by atoms with E-state index in [1.54, 1.807) is 0 Å². The Labute approximate surface area is 191 Å². The summed E-state index contributed by atoms with van der Waals surface area (Å²) in [4.78, 5) is 24.3. The average molecular weight is 499 g/mol. The molecule has 0 spiro atoms. The number of piperidine rings is 1. The van der Waals surface area contributed by atoms with Crippen LogP contribution in [0.2, 0.25) is 0 Å². The molecule has 1 aliphatic rings. The number of alkyl halides is 3. The summed E-state index contributed by atoms with van der Waals surface area (Å²) < 4.78 is 74.5. The molecule has 1 aliphatic heterocycles. The number of hydrogen-bond acceptors (Lipinski definition) is 6. The minimum Gasteiger partial charge on any atom is -0.408 e. The number of rotatable bonds is 5. The second-order valence-corrected chi connectivity index (χ2v) is 9.76. The highest BCUT2D eigenvalue weighted by Gasteiger charge is 2.34. The molecule has 1 amide bonds. The first-order valence-electron chi connectivity index (χ1n) is 10.2. The summed E-state index contributed by atoms with van der Waals surface area (Å²) in [7, 11) is -2.45. The molecule has 1 aromatic heterocycles. The van der Waals surface area contributed by atoms with Crippen molar-refractivity contribution < 1.29 is 35.5 Å². The van der Waals surface area contributed by atoms with Crippen LogP contribution in [0.25, 0.3) is 11.1 Å². The maximum absolute atomic E-state index is 13.2. The molecule has 1 saturated heterocycles. The van der Waals surface area contributed by atoms with Gasteiger partial charge in [-0.05, 0) is 49.2 Å². The highest BCUT2D eigenvalue weighted by atomic mass is 32.2. The Morgan fingerprint density at radius 1 is 1.18 bits per heavy atom. The molecule has 4 rings (SSSR count). The van der Waals surface area contributed by atoms with Gasteiger partial charge in [0.1, 0.15) is 5.75 Å². The van der Waals surface area contributed by atoms with Gasteiger partial charge in [0.2, 0.25) is 15.9 Å². The Morgan fingerprint density at radius 2 is 1.88 bits per heavy atom. The molecular formula is C21H20F3N3O6S. The van der Waals surface area contributed by atoms with Gasteiger partial charge in [-0.25, -0.2) is 13.2 Å². The van der Waals surface area contributed by atoms with E-state index >= 15 is 0 Å². The summed E-state index contributed by atoms with van der Waals surface area (Å²) in [5.74, 6) is -2.15. The Balaban J connectivity index is 1.46. The van der Waals surface area contributed by atoms with Gasteiger partial charge in [-0.3, -0.25) is 9.36 Å². The summed E-state index contributed by atoms with van der Waals surface area (Å²) in [5.41, 5.74) is 0.841. The van der Waals surface area contributed by atoms with Crippen LogP contribution in [0, 0.1) is 5.92 Å². The van der Waals surface area contributed by atoms with E-state index < -0.39 is 39.7 Å². The van der Waals surface area contributed by atoms with Crippen LogP contribution in [0.1, 0.15) is 12.8 Å². The first kappa shape index (κ1) is 23.8. The lowest BCUT2D eigenvalue weighted by Crippen LogP contribution is -2.43. The Kier molecular flexibility index (Phi) is 6.16. The van der Waals surface area contributed by atoms with Crippen molar-refractivity contribution in [2.24, 2.45) is 13.0 Å². The van der Waals surface area contributed by atoms with Gasteiger partial charge in [-0.1, -0.05) is 0 Å². The number of nitrogens with one attached hydrogen (secondary N) is 1. The monoisotopic (exact) mass is 499 g/mol. The summed E-state index contributed by atoms with van der Waals surface area (Å²) >= 11 is 0. The highest BCUT2D eigenvalue weighted by Crippen LogP contribution is 2.28. The second-order valence-electron chi connectivity index (χ2n) is 7.82. The Hall–Kier alpha value is -3.32. The van der Waals surface area contributed by atoms with Crippen LogP contribution in [0.3, 0.4) is 0 Å². The minimum absolute atomic E-state index is 0.0596. The molecule has 1 fully saturated rings. The summed E-state index contributed by atoms with van der Waals surface area (Å²) in [6, 6.07) is 8.80. The van der Waals surface area contributed by atoms with Crippen molar-refractivity contribution in [3.05, 3.63) is 53.0 Å². The number of fused-ring (bicyclic) bond motifs is 1. The van der Waals surface area contributed by atoms with Crippen molar-refractivity contribution in [2.45, 2.75) is 24.1 Å². The summed E-state index contributed by atoms with van der Waals surface area (Å²) in [5, 5.41) is 2.60. The van der Waals surface area contributed by atoms with Crippen LogP contribution >= 0.6 is 0 Å². The third kappa shape index (κ3) is 4.94. The fourth-order valence-electron chi connectivity index (χ4n) is 3.78. The van der Waals surface area contributed by atoms with E-state index in [0.717, 1.165) is 12.1 Å². The van der Waals surface area contributed by atoms with Crippen LogP contribution in [0.5, 0.6) is 5.75 Å². The van der Waals surface area contributed by atoms with Crippen molar-refractivity contribution in [1.29, 1.82) is 0 Å². The number of amides is 1. The largest absolute Gasteiger partial charge is 0.573 e. The Morgan fingerprint density at radius 3 is 2.56 bits per heavy atom. The van der Waals surface area contributed by atoms with E-state index in [0.29, 0.717) is 18.4 Å². The maximum atomic E-state index is 13.2. The number of aromatic nitrogens is 1.